The Kier molecular flexibility index (Phi) is 1.95. The third kappa shape index (κ3) is 1.54. The first-order valence-corrected chi connectivity index (χ1v) is 3.93. The van der Waals surface area contributed by atoms with Crippen LogP contribution in [0.25, 0.3) is 0 Å². The molecule has 0 N–H and O–H groups in total. The van der Waals surface area contributed by atoms with E-state index in [0.717, 1.165) is 12.2 Å². The minimum absolute atomic E-state index is 0.989. The van der Waals surface area contributed by atoms with E-state index >= 15 is 0 Å². The first-order valence-electron chi connectivity index (χ1n) is 3.93. The standard InChI is InChI=1S/C8H4F6O/c9-7(10,11)5-3-1-2-4(15-3)6(5)8(12,13)14/h1-4H/t3-,4+. The van der Waals surface area contributed by atoms with E-state index in [2.05, 4.69) is 4.74 Å². The van der Waals surface area contributed by atoms with Gasteiger partial charge in [-0.1, -0.05) is 12.2 Å². The molecule has 0 spiro atoms. The van der Waals surface area contributed by atoms with Crippen LogP contribution in [-0.4, -0.2) is 24.6 Å². The zero-order valence-corrected chi connectivity index (χ0v) is 6.99. The fourth-order valence-corrected chi connectivity index (χ4v) is 1.71. The lowest BCUT2D eigenvalue weighted by molar-refractivity contribution is -0.115. The molecule has 2 atom stereocenters. The molecule has 0 aliphatic carbocycles. The molecule has 0 unspecified atom stereocenters. The van der Waals surface area contributed by atoms with Crippen molar-refractivity contribution in [3.8, 4) is 0 Å². The summed E-state index contributed by atoms with van der Waals surface area (Å²) in [6, 6.07) is 0. The Morgan fingerprint density at radius 3 is 1.40 bits per heavy atom. The highest BCUT2D eigenvalue weighted by Gasteiger charge is 2.56. The lowest BCUT2D eigenvalue weighted by atomic mass is 9.96. The average Bonchev–Trinajstić information content (AvgIpc) is 2.56. The van der Waals surface area contributed by atoms with Crippen LogP contribution in [0.15, 0.2) is 23.3 Å². The van der Waals surface area contributed by atoms with Gasteiger partial charge in [0.15, 0.2) is 0 Å². The minimum atomic E-state index is -5.00. The molecular formula is C8H4F6O. The van der Waals surface area contributed by atoms with Gasteiger partial charge in [-0.2, -0.15) is 26.3 Å². The van der Waals surface area contributed by atoms with Crippen molar-refractivity contribution in [2.45, 2.75) is 24.6 Å². The first kappa shape index (κ1) is 10.5. The smallest absolute Gasteiger partial charge is 0.357 e. The van der Waals surface area contributed by atoms with Gasteiger partial charge >= 0.3 is 12.4 Å². The van der Waals surface area contributed by atoms with Crippen molar-refractivity contribution in [3.05, 3.63) is 23.3 Å². The number of rotatable bonds is 0. The molecule has 2 bridgehead atoms. The van der Waals surface area contributed by atoms with Crippen LogP contribution in [0, 0.1) is 0 Å². The summed E-state index contributed by atoms with van der Waals surface area (Å²) in [4.78, 5) is 0. The lowest BCUT2D eigenvalue weighted by Gasteiger charge is -2.17. The Hall–Kier alpha value is -0.980. The number of hydrogen-bond acceptors (Lipinski definition) is 1. The van der Waals surface area contributed by atoms with Crippen LogP contribution >= 0.6 is 0 Å². The van der Waals surface area contributed by atoms with E-state index in [1.54, 1.807) is 0 Å². The first-order chi connectivity index (χ1) is 6.71. The topological polar surface area (TPSA) is 9.23 Å². The maximum atomic E-state index is 12.3. The highest BCUT2D eigenvalue weighted by atomic mass is 19.4. The van der Waals surface area contributed by atoms with Crippen LogP contribution < -0.4 is 0 Å². The van der Waals surface area contributed by atoms with Gasteiger partial charge in [0, 0.05) is 0 Å². The summed E-state index contributed by atoms with van der Waals surface area (Å²) >= 11 is 0. The molecule has 84 valence electrons. The van der Waals surface area contributed by atoms with Gasteiger partial charge in [0.1, 0.15) is 12.2 Å². The van der Waals surface area contributed by atoms with Crippen LogP contribution in [0.5, 0.6) is 0 Å². The number of fused-ring (bicyclic) bond motifs is 2. The van der Waals surface area contributed by atoms with E-state index in [9.17, 15) is 26.3 Å². The summed E-state index contributed by atoms with van der Waals surface area (Å²) in [6.45, 7) is 0. The van der Waals surface area contributed by atoms with Crippen LogP contribution in [0.4, 0.5) is 26.3 Å². The molecule has 2 heterocycles. The predicted molar refractivity (Wildman–Crippen MR) is 36.9 cm³/mol. The third-order valence-corrected chi connectivity index (χ3v) is 2.22. The zero-order chi connectivity index (χ0) is 11.4. The van der Waals surface area contributed by atoms with Gasteiger partial charge in [0.2, 0.25) is 0 Å². The van der Waals surface area contributed by atoms with Crippen LogP contribution in [-0.2, 0) is 4.74 Å². The molecule has 2 aliphatic heterocycles. The molecule has 0 aromatic rings. The van der Waals surface area contributed by atoms with Gasteiger partial charge in [-0.15, -0.1) is 0 Å². The van der Waals surface area contributed by atoms with Gasteiger partial charge in [-0.25, -0.2) is 0 Å². The third-order valence-electron chi connectivity index (χ3n) is 2.22. The normalized spacial score (nSPS) is 30.5. The van der Waals surface area contributed by atoms with Crippen LogP contribution in [0.2, 0.25) is 0 Å². The Balaban J connectivity index is 2.50. The maximum Gasteiger partial charge on any atom is 0.415 e. The fraction of sp³-hybridized carbons (Fsp3) is 0.500. The molecule has 0 aromatic heterocycles. The molecule has 0 fully saturated rings. The van der Waals surface area contributed by atoms with E-state index in [1.165, 1.54) is 0 Å². The maximum absolute atomic E-state index is 12.3. The van der Waals surface area contributed by atoms with Crippen molar-refractivity contribution >= 4 is 0 Å². The molecule has 1 nitrogen and oxygen atoms in total. The second kappa shape index (κ2) is 2.78. The monoisotopic (exact) mass is 230 g/mol. The summed E-state index contributed by atoms with van der Waals surface area (Å²) in [6.07, 6.45) is -11.2. The van der Waals surface area contributed by atoms with Crippen molar-refractivity contribution < 1.29 is 31.1 Å². The van der Waals surface area contributed by atoms with E-state index in [0.29, 0.717) is 0 Å². The summed E-state index contributed by atoms with van der Waals surface area (Å²) in [5, 5.41) is 0. The van der Waals surface area contributed by atoms with E-state index in [1.807, 2.05) is 0 Å². The quantitative estimate of drug-likeness (QED) is 0.459. The minimum Gasteiger partial charge on any atom is -0.357 e. The van der Waals surface area contributed by atoms with E-state index < -0.39 is 35.7 Å². The SMILES string of the molecule is FC(F)(F)C1=C(C(F)(F)F)[C@H]2C=C[C@@H]1O2. The van der Waals surface area contributed by atoms with Crippen molar-refractivity contribution in [2.75, 3.05) is 0 Å². The molecule has 0 saturated carbocycles. The van der Waals surface area contributed by atoms with Crippen molar-refractivity contribution in [2.24, 2.45) is 0 Å². The second-order valence-corrected chi connectivity index (χ2v) is 3.19. The summed E-state index contributed by atoms with van der Waals surface area (Å²) in [7, 11) is 0. The van der Waals surface area contributed by atoms with Gasteiger partial charge < -0.3 is 4.74 Å². The number of hydrogen-bond donors (Lipinski definition) is 0. The highest BCUT2D eigenvalue weighted by Crippen LogP contribution is 2.48. The molecule has 0 aromatic carbocycles. The highest BCUT2D eigenvalue weighted by molar-refractivity contribution is 5.44. The Morgan fingerprint density at radius 2 is 1.13 bits per heavy atom. The van der Waals surface area contributed by atoms with E-state index in [4.69, 9.17) is 0 Å². The van der Waals surface area contributed by atoms with Gasteiger partial charge in [0.05, 0.1) is 11.1 Å². The van der Waals surface area contributed by atoms with E-state index in [-0.39, 0.29) is 0 Å². The summed E-state index contributed by atoms with van der Waals surface area (Å²) < 4.78 is 78.5. The molecule has 0 amide bonds. The molecule has 2 rings (SSSR count). The summed E-state index contributed by atoms with van der Waals surface area (Å²) in [5.41, 5.74) is -3.25. The van der Waals surface area contributed by atoms with Crippen LogP contribution in [0.3, 0.4) is 0 Å². The average molecular weight is 230 g/mol. The molecular weight excluding hydrogens is 226 g/mol. The number of ether oxygens (including phenoxy) is 1. The summed E-state index contributed by atoms with van der Waals surface area (Å²) in [5.74, 6) is 0. The van der Waals surface area contributed by atoms with Crippen molar-refractivity contribution in [1.82, 2.24) is 0 Å². The Bertz CT molecular complexity index is 315. The number of halogens is 6. The molecule has 2 aliphatic rings. The molecule has 15 heavy (non-hydrogen) atoms. The van der Waals surface area contributed by atoms with Crippen LogP contribution in [0.1, 0.15) is 0 Å². The van der Waals surface area contributed by atoms with Crippen molar-refractivity contribution in [3.63, 3.8) is 0 Å². The Labute approximate surface area is 80.0 Å². The number of alkyl halides is 6. The van der Waals surface area contributed by atoms with Crippen molar-refractivity contribution in [1.29, 1.82) is 0 Å². The van der Waals surface area contributed by atoms with Gasteiger partial charge in [-0.3, -0.25) is 0 Å². The lowest BCUT2D eigenvalue weighted by Crippen LogP contribution is -2.27. The molecule has 0 radical (unpaired) electrons. The van der Waals surface area contributed by atoms with Gasteiger partial charge in [0.25, 0.3) is 0 Å². The molecule has 7 heteroatoms. The zero-order valence-electron chi connectivity index (χ0n) is 6.99. The Morgan fingerprint density at radius 1 is 0.800 bits per heavy atom. The second-order valence-electron chi connectivity index (χ2n) is 3.19. The molecule has 0 saturated heterocycles. The largest absolute Gasteiger partial charge is 0.415 e. The fourth-order valence-electron chi connectivity index (χ4n) is 1.71. The van der Waals surface area contributed by atoms with Gasteiger partial charge in [-0.05, 0) is 0 Å². The predicted octanol–water partition coefficient (Wildman–Crippen LogP) is 2.74.